The molecule has 0 aliphatic heterocycles. The van der Waals surface area contributed by atoms with Crippen molar-refractivity contribution in [1.82, 2.24) is 14.8 Å². The van der Waals surface area contributed by atoms with E-state index in [9.17, 15) is 0 Å². The lowest BCUT2D eigenvalue weighted by Crippen LogP contribution is -2.11. The third-order valence-corrected chi connectivity index (χ3v) is 1.98. The average molecular weight is 172 g/mol. The quantitative estimate of drug-likeness (QED) is 0.700. The fourth-order valence-electron chi connectivity index (χ4n) is 0.811. The van der Waals surface area contributed by atoms with Crippen molar-refractivity contribution in [2.45, 2.75) is 13.1 Å². The summed E-state index contributed by atoms with van der Waals surface area (Å²) in [6.07, 6.45) is 3.61. The zero-order chi connectivity index (χ0) is 8.10. The summed E-state index contributed by atoms with van der Waals surface area (Å²) in [7, 11) is 0. The maximum absolute atomic E-state index is 5.44. The van der Waals surface area contributed by atoms with E-state index in [2.05, 4.69) is 16.3 Å². The summed E-state index contributed by atoms with van der Waals surface area (Å²) in [6.45, 7) is 1.36. The van der Waals surface area contributed by atoms with Crippen molar-refractivity contribution < 1.29 is 0 Å². The molecule has 0 saturated heterocycles. The van der Waals surface area contributed by atoms with Gasteiger partial charge in [0, 0.05) is 5.75 Å². The molecule has 0 fully saturated rings. The highest BCUT2D eigenvalue weighted by atomic mass is 32.2. The molecule has 1 rings (SSSR count). The van der Waals surface area contributed by atoms with Gasteiger partial charge in [-0.05, 0) is 6.26 Å². The van der Waals surface area contributed by atoms with Gasteiger partial charge in [0.05, 0.1) is 13.1 Å². The van der Waals surface area contributed by atoms with Crippen LogP contribution in [0.1, 0.15) is 5.82 Å². The highest BCUT2D eigenvalue weighted by molar-refractivity contribution is 7.98. The summed E-state index contributed by atoms with van der Waals surface area (Å²) in [5, 5.41) is 4.04. The Labute approximate surface area is 70.2 Å². The van der Waals surface area contributed by atoms with Crippen LogP contribution in [0.5, 0.6) is 0 Å². The first-order valence-electron chi connectivity index (χ1n) is 3.44. The number of aryl methyl sites for hydroxylation is 1. The molecule has 1 aromatic rings. The number of hydrogen-bond donors (Lipinski definition) is 1. The van der Waals surface area contributed by atoms with E-state index in [-0.39, 0.29) is 0 Å². The molecule has 0 spiro atoms. The van der Waals surface area contributed by atoms with Gasteiger partial charge < -0.3 is 5.73 Å². The molecule has 2 N–H and O–H groups in total. The third kappa shape index (κ3) is 2.20. The standard InChI is InChI=1S/C6H12N4S/c1-11-3-2-10-6(4-7)8-5-9-10/h5H,2-4,7H2,1H3. The van der Waals surface area contributed by atoms with Crippen LogP contribution in [0, 0.1) is 0 Å². The van der Waals surface area contributed by atoms with Gasteiger partial charge in [-0.1, -0.05) is 0 Å². The summed E-state index contributed by atoms with van der Waals surface area (Å²) in [5.41, 5.74) is 5.44. The molecule has 0 amide bonds. The largest absolute Gasteiger partial charge is 0.324 e. The SMILES string of the molecule is CSCCn1ncnc1CN. The summed E-state index contributed by atoms with van der Waals surface area (Å²) >= 11 is 1.79. The van der Waals surface area contributed by atoms with Gasteiger partial charge in [0.15, 0.2) is 0 Å². The lowest BCUT2D eigenvalue weighted by molar-refractivity contribution is 0.622. The second-order valence-electron chi connectivity index (χ2n) is 2.10. The summed E-state index contributed by atoms with van der Waals surface area (Å²) in [6, 6.07) is 0. The predicted octanol–water partition coefficient (Wildman–Crippen LogP) is 0.0998. The minimum absolute atomic E-state index is 0.467. The fraction of sp³-hybridized carbons (Fsp3) is 0.667. The fourth-order valence-corrected chi connectivity index (χ4v) is 1.17. The molecular formula is C6H12N4S. The molecule has 0 bridgehead atoms. The Balaban J connectivity index is 2.54. The molecule has 0 atom stereocenters. The van der Waals surface area contributed by atoms with Crippen LogP contribution in [-0.4, -0.2) is 26.8 Å². The van der Waals surface area contributed by atoms with Gasteiger partial charge in [-0.3, -0.25) is 0 Å². The summed E-state index contributed by atoms with van der Waals surface area (Å²) in [4.78, 5) is 4.01. The molecule has 0 radical (unpaired) electrons. The molecule has 0 aliphatic carbocycles. The number of nitrogens with two attached hydrogens (primary N) is 1. The van der Waals surface area contributed by atoms with E-state index in [1.54, 1.807) is 18.1 Å². The molecule has 1 heterocycles. The van der Waals surface area contributed by atoms with Crippen molar-refractivity contribution >= 4 is 11.8 Å². The van der Waals surface area contributed by atoms with Crippen LogP contribution in [0.25, 0.3) is 0 Å². The number of thioether (sulfide) groups is 1. The second-order valence-corrected chi connectivity index (χ2v) is 3.08. The van der Waals surface area contributed by atoms with Gasteiger partial charge in [-0.25, -0.2) is 9.67 Å². The smallest absolute Gasteiger partial charge is 0.140 e. The van der Waals surface area contributed by atoms with Gasteiger partial charge in [-0.15, -0.1) is 0 Å². The lowest BCUT2D eigenvalue weighted by Gasteiger charge is -2.01. The van der Waals surface area contributed by atoms with Crippen molar-refractivity contribution in [2.75, 3.05) is 12.0 Å². The second kappa shape index (κ2) is 4.35. The Morgan fingerprint density at radius 1 is 1.73 bits per heavy atom. The van der Waals surface area contributed by atoms with E-state index in [1.807, 2.05) is 4.68 Å². The Kier molecular flexibility index (Phi) is 3.38. The number of rotatable bonds is 4. The molecule has 1 aromatic heterocycles. The molecule has 11 heavy (non-hydrogen) atoms. The molecule has 0 unspecified atom stereocenters. The van der Waals surface area contributed by atoms with E-state index >= 15 is 0 Å². The van der Waals surface area contributed by atoms with Crippen molar-refractivity contribution in [1.29, 1.82) is 0 Å². The Morgan fingerprint density at radius 2 is 2.55 bits per heavy atom. The monoisotopic (exact) mass is 172 g/mol. The van der Waals surface area contributed by atoms with Crippen LogP contribution >= 0.6 is 11.8 Å². The molecule has 4 nitrogen and oxygen atoms in total. The van der Waals surface area contributed by atoms with Crippen LogP contribution in [0.2, 0.25) is 0 Å². The molecular weight excluding hydrogens is 160 g/mol. The highest BCUT2D eigenvalue weighted by Crippen LogP contribution is 1.96. The van der Waals surface area contributed by atoms with Gasteiger partial charge in [0.2, 0.25) is 0 Å². The maximum Gasteiger partial charge on any atom is 0.140 e. The Morgan fingerprint density at radius 3 is 3.18 bits per heavy atom. The number of nitrogens with zero attached hydrogens (tertiary/aromatic N) is 3. The third-order valence-electron chi connectivity index (χ3n) is 1.39. The van der Waals surface area contributed by atoms with Gasteiger partial charge in [0.25, 0.3) is 0 Å². The van der Waals surface area contributed by atoms with Crippen LogP contribution in [0.4, 0.5) is 0 Å². The van der Waals surface area contributed by atoms with E-state index in [0.717, 1.165) is 18.1 Å². The summed E-state index contributed by atoms with van der Waals surface area (Å²) in [5.74, 6) is 1.91. The molecule has 62 valence electrons. The minimum atomic E-state index is 0.467. The van der Waals surface area contributed by atoms with Gasteiger partial charge >= 0.3 is 0 Å². The van der Waals surface area contributed by atoms with Crippen LogP contribution in [0.3, 0.4) is 0 Å². The van der Waals surface area contributed by atoms with Crippen molar-refractivity contribution in [3.63, 3.8) is 0 Å². The minimum Gasteiger partial charge on any atom is -0.324 e. The van der Waals surface area contributed by atoms with Gasteiger partial charge in [-0.2, -0.15) is 16.9 Å². The maximum atomic E-state index is 5.44. The molecule has 5 heteroatoms. The zero-order valence-corrected chi connectivity index (χ0v) is 7.34. The van der Waals surface area contributed by atoms with E-state index in [4.69, 9.17) is 5.73 Å². The first kappa shape index (κ1) is 8.55. The summed E-state index contributed by atoms with van der Waals surface area (Å²) < 4.78 is 1.84. The highest BCUT2D eigenvalue weighted by Gasteiger charge is 1.99. The first-order valence-corrected chi connectivity index (χ1v) is 4.83. The first-order chi connectivity index (χ1) is 5.38. The van der Waals surface area contributed by atoms with E-state index in [1.165, 1.54) is 0 Å². The van der Waals surface area contributed by atoms with Crippen molar-refractivity contribution in [3.8, 4) is 0 Å². The normalized spacial score (nSPS) is 10.4. The lowest BCUT2D eigenvalue weighted by atomic mass is 10.6. The number of hydrogen-bond acceptors (Lipinski definition) is 4. The molecule has 0 saturated carbocycles. The molecule has 0 aromatic carbocycles. The van der Waals surface area contributed by atoms with Crippen LogP contribution in [-0.2, 0) is 13.1 Å². The average Bonchev–Trinajstić information content (AvgIpc) is 2.47. The van der Waals surface area contributed by atoms with E-state index < -0.39 is 0 Å². The number of aromatic nitrogens is 3. The van der Waals surface area contributed by atoms with E-state index in [0.29, 0.717) is 6.54 Å². The Hall–Kier alpha value is -0.550. The Bertz CT molecular complexity index is 210. The molecule has 0 aliphatic rings. The van der Waals surface area contributed by atoms with Crippen LogP contribution < -0.4 is 5.73 Å². The zero-order valence-electron chi connectivity index (χ0n) is 6.53. The van der Waals surface area contributed by atoms with Gasteiger partial charge in [0.1, 0.15) is 12.2 Å². The predicted molar refractivity (Wildman–Crippen MR) is 46.3 cm³/mol. The van der Waals surface area contributed by atoms with Crippen molar-refractivity contribution in [3.05, 3.63) is 12.2 Å². The topological polar surface area (TPSA) is 56.7 Å². The van der Waals surface area contributed by atoms with Crippen LogP contribution in [0.15, 0.2) is 6.33 Å². The van der Waals surface area contributed by atoms with Crippen molar-refractivity contribution in [2.24, 2.45) is 5.73 Å².